The summed E-state index contributed by atoms with van der Waals surface area (Å²) in [5, 5.41) is 0.531. The van der Waals surface area contributed by atoms with Gasteiger partial charge in [-0.05, 0) is 0 Å². The molecule has 0 N–H and O–H groups in total. The van der Waals surface area contributed by atoms with Gasteiger partial charge in [0.2, 0.25) is 0 Å². The van der Waals surface area contributed by atoms with Crippen LogP contribution in [-0.4, -0.2) is 32.5 Å². The summed E-state index contributed by atoms with van der Waals surface area (Å²) < 4.78 is 3.73. The summed E-state index contributed by atoms with van der Waals surface area (Å²) in [4.78, 5) is 35.0. The van der Waals surface area contributed by atoms with Crippen LogP contribution in [0.1, 0.15) is 0 Å². The van der Waals surface area contributed by atoms with E-state index < -0.39 is 18.4 Å². The van der Waals surface area contributed by atoms with Gasteiger partial charge in [-0.2, -0.15) is 0 Å². The molecule has 0 aliphatic carbocycles. The molecule has 96 valence electrons. The van der Waals surface area contributed by atoms with Gasteiger partial charge in [0, 0.05) is 0 Å². The van der Waals surface area contributed by atoms with Crippen molar-refractivity contribution in [2.24, 2.45) is 14.1 Å². The van der Waals surface area contributed by atoms with Crippen molar-refractivity contribution in [3.8, 4) is 0 Å². The van der Waals surface area contributed by atoms with Crippen molar-refractivity contribution in [1.82, 2.24) is 14.1 Å². The number of aromatic nitrogens is 3. The molecule has 6 heteroatoms. The molecule has 0 unspecified atom stereocenters. The molecule has 0 radical (unpaired) electrons. The normalized spacial score (nSPS) is 12.1. The van der Waals surface area contributed by atoms with Gasteiger partial charge in [0.15, 0.2) is 0 Å². The first-order valence-corrected chi connectivity index (χ1v) is 15.8. The Morgan fingerprint density at radius 3 is 2.28 bits per heavy atom. The van der Waals surface area contributed by atoms with Gasteiger partial charge in [-0.15, -0.1) is 0 Å². The molecule has 18 heavy (non-hydrogen) atoms. The van der Waals surface area contributed by atoms with Gasteiger partial charge >= 0.3 is 109 Å². The average Bonchev–Trinajstić information content (AvgIpc) is 2.32. The van der Waals surface area contributed by atoms with Crippen LogP contribution < -0.4 is 14.8 Å². The van der Waals surface area contributed by atoms with Crippen LogP contribution in [0.4, 0.5) is 0 Å². The van der Waals surface area contributed by atoms with Gasteiger partial charge in [0.1, 0.15) is 0 Å². The molecule has 0 aliphatic rings. The standard InChI is InChI=1S/C9H8N3O2.3CH3.Sn/c1-11-7-6(4-3-5-10-7)8(13)12(2)9(11)14;;;;/h4-5H,1-2H3;3*1H3;. The van der Waals surface area contributed by atoms with Gasteiger partial charge in [0.05, 0.1) is 0 Å². The van der Waals surface area contributed by atoms with Crippen LogP contribution in [0.3, 0.4) is 0 Å². The first kappa shape index (κ1) is 13.3. The first-order chi connectivity index (χ1) is 8.23. The molecule has 0 amide bonds. The molecular formula is C12H17N3O2Sn. The predicted octanol–water partition coefficient (Wildman–Crippen LogP) is 0.177. The van der Waals surface area contributed by atoms with Crippen LogP contribution in [0.15, 0.2) is 21.9 Å². The fraction of sp³-hybridized carbons (Fsp3) is 0.417. The van der Waals surface area contributed by atoms with Crippen molar-refractivity contribution in [3.63, 3.8) is 0 Å². The second-order valence-corrected chi connectivity index (χ2v) is 20.0. The summed E-state index contributed by atoms with van der Waals surface area (Å²) in [5.41, 5.74) is -0.146. The van der Waals surface area contributed by atoms with Crippen molar-refractivity contribution in [2.75, 3.05) is 0 Å². The number of fused-ring (bicyclic) bond motifs is 1. The van der Waals surface area contributed by atoms with Crippen molar-refractivity contribution in [3.05, 3.63) is 33.1 Å². The first-order valence-electron chi connectivity index (χ1n) is 5.79. The molecule has 2 aromatic heterocycles. The number of nitrogens with zero attached hydrogens (tertiary/aromatic N) is 3. The van der Waals surface area contributed by atoms with E-state index in [1.807, 2.05) is 12.3 Å². The van der Waals surface area contributed by atoms with Gasteiger partial charge in [0.25, 0.3) is 0 Å². The number of pyridine rings is 1. The van der Waals surface area contributed by atoms with E-state index in [0.29, 0.717) is 11.0 Å². The Morgan fingerprint density at radius 1 is 1.11 bits per heavy atom. The molecule has 0 saturated carbocycles. The van der Waals surface area contributed by atoms with Crippen LogP contribution in [0, 0.1) is 0 Å². The number of aryl methyl sites for hydroxylation is 1. The van der Waals surface area contributed by atoms with Crippen LogP contribution in [0.2, 0.25) is 14.8 Å². The molecule has 5 nitrogen and oxygen atoms in total. The van der Waals surface area contributed by atoms with Crippen LogP contribution in [0.5, 0.6) is 0 Å². The monoisotopic (exact) mass is 355 g/mol. The second-order valence-electron chi connectivity index (χ2n) is 5.55. The van der Waals surface area contributed by atoms with E-state index in [1.54, 1.807) is 7.05 Å². The van der Waals surface area contributed by atoms with Gasteiger partial charge < -0.3 is 0 Å². The Bertz CT molecular complexity index is 738. The van der Waals surface area contributed by atoms with E-state index in [9.17, 15) is 9.59 Å². The fourth-order valence-corrected chi connectivity index (χ4v) is 4.81. The quantitative estimate of drug-likeness (QED) is 0.687. The summed E-state index contributed by atoms with van der Waals surface area (Å²) in [6.07, 6.45) is 1.82. The van der Waals surface area contributed by atoms with Crippen molar-refractivity contribution in [2.45, 2.75) is 14.8 Å². The topological polar surface area (TPSA) is 56.9 Å². The van der Waals surface area contributed by atoms with Gasteiger partial charge in [-0.25, -0.2) is 0 Å². The number of hydrogen-bond donors (Lipinski definition) is 0. The zero-order valence-corrected chi connectivity index (χ0v) is 14.2. The van der Waals surface area contributed by atoms with Crippen molar-refractivity contribution >= 4 is 33.0 Å². The molecule has 2 heterocycles. The molecule has 2 aromatic rings. The zero-order chi connectivity index (χ0) is 13.7. The molecule has 0 bridgehead atoms. The maximum absolute atomic E-state index is 12.1. The van der Waals surface area contributed by atoms with E-state index in [0.717, 1.165) is 4.57 Å². The Kier molecular flexibility index (Phi) is 3.12. The minimum atomic E-state index is -2.26. The van der Waals surface area contributed by atoms with E-state index in [-0.39, 0.29) is 11.2 Å². The minimum absolute atomic E-state index is 0.266. The fourth-order valence-electron chi connectivity index (χ4n) is 1.88. The van der Waals surface area contributed by atoms with E-state index in [4.69, 9.17) is 0 Å². The number of rotatable bonds is 1. The van der Waals surface area contributed by atoms with Crippen molar-refractivity contribution < 1.29 is 0 Å². The third-order valence-electron chi connectivity index (χ3n) is 3.16. The summed E-state index contributed by atoms with van der Waals surface area (Å²) in [7, 11) is 3.13. The van der Waals surface area contributed by atoms with E-state index in [2.05, 4.69) is 19.8 Å². The van der Waals surface area contributed by atoms with Crippen LogP contribution >= 0.6 is 0 Å². The molecule has 0 spiro atoms. The Hall–Kier alpha value is -1.11. The molecule has 0 saturated heterocycles. The Balaban J connectivity index is 2.96. The Labute approximate surface area is 109 Å². The summed E-state index contributed by atoms with van der Waals surface area (Å²) in [6.45, 7) is 0. The number of hydrogen-bond acceptors (Lipinski definition) is 3. The summed E-state index contributed by atoms with van der Waals surface area (Å²) in [6, 6.07) is 1.92. The summed E-state index contributed by atoms with van der Waals surface area (Å²) in [5.74, 6) is 0. The molecule has 0 fully saturated rings. The van der Waals surface area contributed by atoms with Gasteiger partial charge in [-0.1, -0.05) is 0 Å². The van der Waals surface area contributed by atoms with E-state index >= 15 is 0 Å². The zero-order valence-electron chi connectivity index (χ0n) is 11.3. The van der Waals surface area contributed by atoms with Crippen LogP contribution in [0.25, 0.3) is 11.0 Å². The van der Waals surface area contributed by atoms with E-state index in [1.165, 1.54) is 15.2 Å². The third kappa shape index (κ3) is 2.00. The van der Waals surface area contributed by atoms with Gasteiger partial charge in [-0.3, -0.25) is 0 Å². The Morgan fingerprint density at radius 2 is 1.72 bits per heavy atom. The SMILES string of the molecule is Cn1c(=O)c2c[c]([Sn]([CH3])([CH3])[CH3])cnc2n(C)c1=O. The average molecular weight is 354 g/mol. The second kappa shape index (κ2) is 4.22. The maximum atomic E-state index is 12.1. The van der Waals surface area contributed by atoms with Crippen molar-refractivity contribution in [1.29, 1.82) is 0 Å². The molecule has 2 rings (SSSR count). The molecular weight excluding hydrogens is 337 g/mol. The molecule has 0 atom stereocenters. The van der Waals surface area contributed by atoms with Crippen LogP contribution in [-0.2, 0) is 14.1 Å². The third-order valence-corrected chi connectivity index (χ3v) is 8.88. The molecule has 0 aliphatic heterocycles. The summed E-state index contributed by atoms with van der Waals surface area (Å²) >= 11 is -2.26. The predicted molar refractivity (Wildman–Crippen MR) is 75.2 cm³/mol. The molecule has 0 aromatic carbocycles.